The molecule has 0 unspecified atom stereocenters. The number of halogens is 2. The fourth-order valence-corrected chi connectivity index (χ4v) is 2.56. The van der Waals surface area contributed by atoms with Gasteiger partial charge in [0.2, 0.25) is 0 Å². The van der Waals surface area contributed by atoms with Crippen LogP contribution in [0.3, 0.4) is 0 Å². The fraction of sp³-hybridized carbons (Fsp3) is 0.455. The molecule has 0 fully saturated rings. The minimum atomic E-state index is -0.128. The number of benzene rings is 2. The molecular formula is C22H32F2N2. The highest BCUT2D eigenvalue weighted by atomic mass is 19.1. The predicted octanol–water partition coefficient (Wildman–Crippen LogP) is 4.90. The summed E-state index contributed by atoms with van der Waals surface area (Å²) in [6, 6.07) is 10.8. The zero-order valence-electron chi connectivity index (χ0n) is 16.4. The molecule has 0 saturated carbocycles. The summed E-state index contributed by atoms with van der Waals surface area (Å²) >= 11 is 0. The molecule has 0 heterocycles. The van der Waals surface area contributed by atoms with E-state index in [0.717, 1.165) is 11.1 Å². The van der Waals surface area contributed by atoms with Gasteiger partial charge in [-0.25, -0.2) is 8.78 Å². The molecule has 2 rings (SSSR count). The smallest absolute Gasteiger partial charge is 0.126 e. The lowest BCUT2D eigenvalue weighted by Crippen LogP contribution is -2.05. The van der Waals surface area contributed by atoms with E-state index in [2.05, 4.69) is 27.7 Å². The van der Waals surface area contributed by atoms with E-state index in [9.17, 15) is 8.78 Å². The molecule has 2 aromatic carbocycles. The highest BCUT2D eigenvalue weighted by molar-refractivity contribution is 5.27. The Morgan fingerprint density at radius 2 is 1.04 bits per heavy atom. The van der Waals surface area contributed by atoms with E-state index in [0.29, 0.717) is 48.9 Å². The number of nitrogens with two attached hydrogens (primary N) is 2. The van der Waals surface area contributed by atoms with Gasteiger partial charge in [0, 0.05) is 0 Å². The minimum absolute atomic E-state index is 0.128. The van der Waals surface area contributed by atoms with E-state index in [1.165, 1.54) is 0 Å². The van der Waals surface area contributed by atoms with Crippen LogP contribution < -0.4 is 11.5 Å². The third-order valence-corrected chi connectivity index (χ3v) is 4.31. The molecule has 0 bridgehead atoms. The Morgan fingerprint density at radius 1 is 0.692 bits per heavy atom. The minimum Gasteiger partial charge on any atom is -0.330 e. The lowest BCUT2D eigenvalue weighted by atomic mass is 10.0. The van der Waals surface area contributed by atoms with E-state index in [1.807, 2.05) is 24.3 Å². The Hall–Kier alpha value is -1.78. The first-order valence-electron chi connectivity index (χ1n) is 9.26. The highest BCUT2D eigenvalue weighted by Gasteiger charge is 2.05. The zero-order valence-corrected chi connectivity index (χ0v) is 16.4. The summed E-state index contributed by atoms with van der Waals surface area (Å²) in [5, 5.41) is 0. The molecule has 0 aliphatic heterocycles. The van der Waals surface area contributed by atoms with Gasteiger partial charge < -0.3 is 11.5 Å². The largest absolute Gasteiger partial charge is 0.330 e. The molecule has 0 spiro atoms. The maximum atomic E-state index is 13.3. The molecule has 26 heavy (non-hydrogen) atoms. The number of hydrogen-bond donors (Lipinski definition) is 2. The van der Waals surface area contributed by atoms with Gasteiger partial charge in [-0.1, -0.05) is 52.0 Å². The van der Waals surface area contributed by atoms with Crippen LogP contribution in [0.2, 0.25) is 0 Å². The van der Waals surface area contributed by atoms with Gasteiger partial charge in [0.05, 0.1) is 0 Å². The second kappa shape index (κ2) is 11.0. The molecule has 0 radical (unpaired) electrons. The van der Waals surface area contributed by atoms with E-state index in [-0.39, 0.29) is 11.6 Å². The predicted molar refractivity (Wildman–Crippen MR) is 106 cm³/mol. The Morgan fingerprint density at radius 3 is 1.27 bits per heavy atom. The van der Waals surface area contributed by atoms with Crippen LogP contribution in [0.15, 0.2) is 36.4 Å². The van der Waals surface area contributed by atoms with Crippen LogP contribution in [-0.2, 0) is 12.8 Å². The average Bonchev–Trinajstić information content (AvgIpc) is 2.59. The Balaban J connectivity index is 0.000000260. The van der Waals surface area contributed by atoms with Crippen molar-refractivity contribution in [3.63, 3.8) is 0 Å². The Bertz CT molecular complexity index is 622. The average molecular weight is 363 g/mol. The molecule has 0 atom stereocenters. The van der Waals surface area contributed by atoms with Crippen molar-refractivity contribution in [2.24, 2.45) is 11.5 Å². The molecule has 0 amide bonds. The number of rotatable bonds is 6. The first-order valence-corrected chi connectivity index (χ1v) is 9.26. The fourth-order valence-electron chi connectivity index (χ4n) is 2.56. The number of hydrogen-bond acceptors (Lipinski definition) is 2. The Kier molecular flexibility index (Phi) is 9.46. The van der Waals surface area contributed by atoms with Crippen molar-refractivity contribution < 1.29 is 8.78 Å². The summed E-state index contributed by atoms with van der Waals surface area (Å²) in [5.74, 6) is 0.496. The monoisotopic (exact) mass is 362 g/mol. The standard InChI is InChI=1S/2C11H16FN/c2*1-8(2)10-4-3-9(5-6-13)11(12)7-10/h2*3-4,7-8H,5-6,13H2,1-2H3. The molecule has 144 valence electrons. The molecule has 0 saturated heterocycles. The maximum absolute atomic E-state index is 13.3. The van der Waals surface area contributed by atoms with E-state index in [1.54, 1.807) is 12.1 Å². The molecule has 2 nitrogen and oxygen atoms in total. The van der Waals surface area contributed by atoms with E-state index in [4.69, 9.17) is 11.5 Å². The van der Waals surface area contributed by atoms with Gasteiger partial charge in [0.1, 0.15) is 11.6 Å². The van der Waals surface area contributed by atoms with E-state index < -0.39 is 0 Å². The van der Waals surface area contributed by atoms with Crippen molar-refractivity contribution in [2.45, 2.75) is 52.4 Å². The maximum Gasteiger partial charge on any atom is 0.126 e. The van der Waals surface area contributed by atoms with Crippen molar-refractivity contribution in [3.05, 3.63) is 70.3 Å². The summed E-state index contributed by atoms with van der Waals surface area (Å²) < 4.78 is 26.7. The van der Waals surface area contributed by atoms with E-state index >= 15 is 0 Å². The van der Waals surface area contributed by atoms with Crippen molar-refractivity contribution in [1.82, 2.24) is 0 Å². The van der Waals surface area contributed by atoms with Gasteiger partial charge in [-0.3, -0.25) is 0 Å². The van der Waals surface area contributed by atoms with Crippen LogP contribution in [0.4, 0.5) is 8.78 Å². The molecule has 0 aliphatic rings. The molecule has 2 aromatic rings. The molecule has 0 aromatic heterocycles. The third-order valence-electron chi connectivity index (χ3n) is 4.31. The SMILES string of the molecule is CC(C)c1ccc(CCN)c(F)c1.CC(C)c1ccc(CCN)c(F)c1. The molecule has 4 N–H and O–H groups in total. The van der Waals surface area contributed by atoms with Crippen LogP contribution in [0.25, 0.3) is 0 Å². The van der Waals surface area contributed by atoms with Gasteiger partial charge >= 0.3 is 0 Å². The highest BCUT2D eigenvalue weighted by Crippen LogP contribution is 2.18. The topological polar surface area (TPSA) is 52.0 Å². The normalized spacial score (nSPS) is 10.8. The van der Waals surface area contributed by atoms with Crippen molar-refractivity contribution in [2.75, 3.05) is 13.1 Å². The second-order valence-electron chi connectivity index (χ2n) is 7.09. The van der Waals surface area contributed by atoms with Crippen LogP contribution in [-0.4, -0.2) is 13.1 Å². The lowest BCUT2D eigenvalue weighted by Gasteiger charge is -2.07. The second-order valence-corrected chi connectivity index (χ2v) is 7.09. The van der Waals surface area contributed by atoms with Crippen LogP contribution in [0.1, 0.15) is 61.8 Å². The van der Waals surface area contributed by atoms with Gasteiger partial charge in [-0.05, 0) is 72.2 Å². The molecule has 0 aliphatic carbocycles. The van der Waals surface area contributed by atoms with Crippen LogP contribution in [0.5, 0.6) is 0 Å². The summed E-state index contributed by atoms with van der Waals surface area (Å²) in [5.41, 5.74) is 14.2. The first-order chi connectivity index (χ1) is 12.3. The zero-order chi connectivity index (χ0) is 19.7. The molecule has 4 heteroatoms. The van der Waals surface area contributed by atoms with Gasteiger partial charge in [-0.2, -0.15) is 0 Å². The summed E-state index contributed by atoms with van der Waals surface area (Å²) in [6.45, 7) is 9.21. The third kappa shape index (κ3) is 6.85. The molecular weight excluding hydrogens is 330 g/mol. The summed E-state index contributed by atoms with van der Waals surface area (Å²) in [4.78, 5) is 0. The van der Waals surface area contributed by atoms with Gasteiger partial charge in [0.25, 0.3) is 0 Å². The van der Waals surface area contributed by atoms with Crippen molar-refractivity contribution in [1.29, 1.82) is 0 Å². The quantitative estimate of drug-likeness (QED) is 0.768. The van der Waals surface area contributed by atoms with Crippen molar-refractivity contribution in [3.8, 4) is 0 Å². The van der Waals surface area contributed by atoms with Gasteiger partial charge in [-0.15, -0.1) is 0 Å². The lowest BCUT2D eigenvalue weighted by molar-refractivity contribution is 0.605. The van der Waals surface area contributed by atoms with Gasteiger partial charge in [0.15, 0.2) is 0 Å². The van der Waals surface area contributed by atoms with Crippen molar-refractivity contribution >= 4 is 0 Å². The first kappa shape index (κ1) is 22.3. The Labute approximate surface area is 156 Å². The van der Waals surface area contributed by atoms with Crippen LogP contribution >= 0.6 is 0 Å². The summed E-state index contributed by atoms with van der Waals surface area (Å²) in [7, 11) is 0. The van der Waals surface area contributed by atoms with Crippen LogP contribution in [0, 0.1) is 11.6 Å². The summed E-state index contributed by atoms with van der Waals surface area (Å²) in [6.07, 6.45) is 1.23.